The van der Waals surface area contributed by atoms with Gasteiger partial charge in [-0.2, -0.15) is 0 Å². The van der Waals surface area contributed by atoms with Crippen LogP contribution in [0.25, 0.3) is 16.9 Å². The Kier molecular flexibility index (Phi) is 10.4. The molecule has 1 aromatic heterocycles. The number of likely N-dealkylation sites (N-methyl/N-ethyl adjacent to an activating group) is 1. The molecule has 0 aliphatic rings. The predicted octanol–water partition coefficient (Wildman–Crippen LogP) is 7.41. The van der Waals surface area contributed by atoms with Crippen LogP contribution in [0.15, 0.2) is 79.0 Å². The first kappa shape index (κ1) is 28.7. The first-order chi connectivity index (χ1) is 19.0. The predicted molar refractivity (Wildman–Crippen MR) is 158 cm³/mol. The van der Waals surface area contributed by atoms with Gasteiger partial charge in [-0.25, -0.2) is 4.98 Å². The smallest absolute Gasteiger partial charge is 0.127 e. The number of nitrogens with zero attached hydrogens (tertiary/aromatic N) is 3. The molecule has 0 fully saturated rings. The number of hydrogen-bond donors (Lipinski definition) is 1. The van der Waals surface area contributed by atoms with Gasteiger partial charge in [-0.1, -0.05) is 38.8 Å². The maximum atomic E-state index is 10.3. The number of aryl methyl sites for hydroxylation is 1. The highest BCUT2D eigenvalue weighted by Gasteiger charge is 2.13. The highest BCUT2D eigenvalue weighted by molar-refractivity contribution is 6.30. The van der Waals surface area contributed by atoms with Crippen LogP contribution in [-0.4, -0.2) is 51.9 Å². The Balaban J connectivity index is 1.46. The van der Waals surface area contributed by atoms with E-state index in [4.69, 9.17) is 26.1 Å². The van der Waals surface area contributed by atoms with E-state index in [-0.39, 0.29) is 6.61 Å². The molecule has 0 radical (unpaired) electrons. The minimum absolute atomic E-state index is 0.267. The molecule has 4 rings (SSSR count). The van der Waals surface area contributed by atoms with Gasteiger partial charge >= 0.3 is 0 Å². The lowest BCUT2D eigenvalue weighted by molar-refractivity contribution is 0.0716. The number of halogens is 1. The Morgan fingerprint density at radius 2 is 1.49 bits per heavy atom. The summed E-state index contributed by atoms with van der Waals surface area (Å²) >= 11 is 5.98. The number of benzene rings is 3. The zero-order valence-electron chi connectivity index (χ0n) is 23.0. The van der Waals surface area contributed by atoms with Gasteiger partial charge in [0.15, 0.2) is 0 Å². The van der Waals surface area contributed by atoms with Crippen LogP contribution in [0.1, 0.15) is 39.4 Å². The Bertz CT molecular complexity index is 1280. The molecule has 3 aromatic carbocycles. The van der Waals surface area contributed by atoms with Crippen LogP contribution in [0.4, 0.5) is 0 Å². The molecule has 1 unspecified atom stereocenters. The maximum absolute atomic E-state index is 10.3. The molecule has 7 heteroatoms. The van der Waals surface area contributed by atoms with Crippen molar-refractivity contribution in [3.05, 3.63) is 89.8 Å². The number of hydrogen-bond acceptors (Lipinski definition) is 5. The first-order valence-corrected chi connectivity index (χ1v) is 14.1. The Hall–Kier alpha value is -3.32. The minimum atomic E-state index is -0.524. The molecular weight excluding hydrogens is 510 g/mol. The molecule has 1 heterocycles. The molecular formula is C32H38ClN3O3. The number of aromatic nitrogens is 2. The Morgan fingerprint density at radius 3 is 2.10 bits per heavy atom. The van der Waals surface area contributed by atoms with E-state index in [9.17, 15) is 5.11 Å². The zero-order chi connectivity index (χ0) is 27.6. The molecule has 0 aliphatic heterocycles. The average molecular weight is 548 g/mol. The van der Waals surface area contributed by atoms with E-state index in [1.165, 1.54) is 0 Å². The summed E-state index contributed by atoms with van der Waals surface area (Å²) in [7, 11) is 0. The quantitative estimate of drug-likeness (QED) is 0.178. The minimum Gasteiger partial charge on any atom is -0.491 e. The summed E-state index contributed by atoms with van der Waals surface area (Å²) in [5, 5.41) is 11.0. The van der Waals surface area contributed by atoms with Gasteiger partial charge in [-0.3, -0.25) is 0 Å². The highest BCUT2D eigenvalue weighted by atomic mass is 35.5. The number of aliphatic hydroxyl groups excluding tert-OH is 1. The normalized spacial score (nSPS) is 12.1. The van der Waals surface area contributed by atoms with E-state index in [0.29, 0.717) is 11.6 Å². The summed E-state index contributed by atoms with van der Waals surface area (Å²) in [5.74, 6) is 3.26. The van der Waals surface area contributed by atoms with Crippen LogP contribution >= 0.6 is 11.6 Å². The second-order valence-corrected chi connectivity index (χ2v) is 9.98. The van der Waals surface area contributed by atoms with Crippen LogP contribution < -0.4 is 9.47 Å². The van der Waals surface area contributed by atoms with Crippen molar-refractivity contribution in [1.82, 2.24) is 14.5 Å². The van der Waals surface area contributed by atoms with Gasteiger partial charge in [-0.05, 0) is 92.3 Å². The average Bonchev–Trinajstić information content (AvgIpc) is 3.39. The third-order valence-electron chi connectivity index (χ3n) is 6.65. The molecule has 0 bridgehead atoms. The lowest BCUT2D eigenvalue weighted by Crippen LogP contribution is -2.35. The van der Waals surface area contributed by atoms with Crippen molar-refractivity contribution in [2.24, 2.45) is 0 Å². The number of unbranched alkanes of at least 4 members (excludes halogenated alkanes) is 1. The summed E-state index contributed by atoms with van der Waals surface area (Å²) < 4.78 is 14.0. The number of imidazole rings is 1. The highest BCUT2D eigenvalue weighted by Crippen LogP contribution is 2.27. The summed E-state index contributed by atoms with van der Waals surface area (Å²) in [6.07, 6.45) is 4.62. The summed E-state index contributed by atoms with van der Waals surface area (Å²) in [6.45, 7) is 9.08. The van der Waals surface area contributed by atoms with Gasteiger partial charge in [0.2, 0.25) is 0 Å². The van der Waals surface area contributed by atoms with E-state index < -0.39 is 6.10 Å². The van der Waals surface area contributed by atoms with Gasteiger partial charge in [0.25, 0.3) is 0 Å². The van der Waals surface area contributed by atoms with Crippen LogP contribution in [-0.2, 0) is 6.42 Å². The van der Waals surface area contributed by atoms with Crippen LogP contribution in [0.5, 0.6) is 17.2 Å². The third-order valence-corrected chi connectivity index (χ3v) is 6.90. The fourth-order valence-corrected chi connectivity index (χ4v) is 4.48. The second-order valence-electron chi connectivity index (χ2n) is 9.54. The van der Waals surface area contributed by atoms with Gasteiger partial charge in [0, 0.05) is 35.4 Å². The van der Waals surface area contributed by atoms with Crippen molar-refractivity contribution in [2.75, 3.05) is 26.2 Å². The molecule has 1 atom stereocenters. The monoisotopic (exact) mass is 547 g/mol. The van der Waals surface area contributed by atoms with E-state index in [0.717, 1.165) is 72.4 Å². The second kappa shape index (κ2) is 14.2. The van der Waals surface area contributed by atoms with E-state index in [1.54, 1.807) is 0 Å². The van der Waals surface area contributed by atoms with Gasteiger partial charge in [0.1, 0.15) is 35.8 Å². The standard InChI is InChI=1S/C32H38ClN3O3/c1-4-7-8-32-34-31(24-9-15-28(16-10-24)38-23-27(37)21-35(5-2)6-3)22-36(32)26-13-19-30(20-14-26)39-29-17-11-25(33)12-18-29/h9-20,22,27,37H,4-8,21,23H2,1-3H3. The molecule has 39 heavy (non-hydrogen) atoms. The molecule has 4 aromatic rings. The molecule has 0 saturated carbocycles. The first-order valence-electron chi connectivity index (χ1n) is 13.7. The molecule has 0 amide bonds. The van der Waals surface area contributed by atoms with Gasteiger partial charge in [0.05, 0.1) is 5.69 Å². The topological polar surface area (TPSA) is 59.8 Å². The van der Waals surface area contributed by atoms with Gasteiger partial charge in [-0.15, -0.1) is 0 Å². The lowest BCUT2D eigenvalue weighted by Gasteiger charge is -2.21. The van der Waals surface area contributed by atoms with Crippen molar-refractivity contribution in [2.45, 2.75) is 46.1 Å². The number of ether oxygens (including phenoxy) is 2. The van der Waals surface area contributed by atoms with Crippen molar-refractivity contribution in [3.8, 4) is 34.2 Å². The SMILES string of the molecule is CCCCc1nc(-c2ccc(OCC(O)CN(CC)CC)cc2)cn1-c1ccc(Oc2ccc(Cl)cc2)cc1. The molecule has 1 N–H and O–H groups in total. The van der Waals surface area contributed by atoms with Crippen molar-refractivity contribution < 1.29 is 14.6 Å². The Morgan fingerprint density at radius 1 is 0.872 bits per heavy atom. The molecule has 0 spiro atoms. The molecule has 0 aliphatic carbocycles. The number of rotatable bonds is 14. The molecule has 0 saturated heterocycles. The Labute approximate surface area is 236 Å². The van der Waals surface area contributed by atoms with Gasteiger partial charge < -0.3 is 24.0 Å². The largest absolute Gasteiger partial charge is 0.491 e. The van der Waals surface area contributed by atoms with Crippen LogP contribution in [0, 0.1) is 0 Å². The fourth-order valence-electron chi connectivity index (χ4n) is 4.35. The van der Waals surface area contributed by atoms with Crippen LogP contribution in [0.2, 0.25) is 5.02 Å². The zero-order valence-corrected chi connectivity index (χ0v) is 23.8. The fraction of sp³-hybridized carbons (Fsp3) is 0.344. The van der Waals surface area contributed by atoms with E-state index >= 15 is 0 Å². The molecule has 206 valence electrons. The summed E-state index contributed by atoms with van der Waals surface area (Å²) in [6, 6.07) is 23.3. The van der Waals surface area contributed by atoms with E-state index in [2.05, 4.69) is 36.4 Å². The van der Waals surface area contributed by atoms with Crippen molar-refractivity contribution in [1.29, 1.82) is 0 Å². The van der Waals surface area contributed by atoms with Crippen LogP contribution in [0.3, 0.4) is 0 Å². The molecule has 6 nitrogen and oxygen atoms in total. The number of aliphatic hydroxyl groups is 1. The maximum Gasteiger partial charge on any atom is 0.127 e. The third kappa shape index (κ3) is 8.09. The summed E-state index contributed by atoms with van der Waals surface area (Å²) in [5.41, 5.74) is 2.96. The van der Waals surface area contributed by atoms with Crippen molar-refractivity contribution in [3.63, 3.8) is 0 Å². The summed E-state index contributed by atoms with van der Waals surface area (Å²) in [4.78, 5) is 7.17. The van der Waals surface area contributed by atoms with E-state index in [1.807, 2.05) is 72.8 Å². The lowest BCUT2D eigenvalue weighted by atomic mass is 10.1. The van der Waals surface area contributed by atoms with Crippen molar-refractivity contribution >= 4 is 11.6 Å².